The van der Waals surface area contributed by atoms with E-state index in [0.717, 1.165) is 4.90 Å². The molecule has 0 radical (unpaired) electrons. The van der Waals surface area contributed by atoms with Gasteiger partial charge in [-0.1, -0.05) is 36.3 Å². The van der Waals surface area contributed by atoms with Crippen molar-refractivity contribution < 1.29 is 14.4 Å². The largest absolute Gasteiger partial charge is 0.332 e. The summed E-state index contributed by atoms with van der Waals surface area (Å²) in [5.74, 6) is 1.76. The van der Waals surface area contributed by atoms with Gasteiger partial charge < -0.3 is 0 Å². The second-order valence-electron chi connectivity index (χ2n) is 5.33. The smallest absolute Gasteiger partial charge is 0.295 e. The fourth-order valence-electron chi connectivity index (χ4n) is 2.85. The predicted molar refractivity (Wildman–Crippen MR) is 86.0 cm³/mol. The van der Waals surface area contributed by atoms with Crippen molar-refractivity contribution in [3.8, 4) is 12.3 Å². The van der Waals surface area contributed by atoms with Gasteiger partial charge in [-0.05, 0) is 19.4 Å². The van der Waals surface area contributed by atoms with Gasteiger partial charge in [-0.15, -0.1) is 6.42 Å². The normalized spacial score (nSPS) is 18.0. The molecule has 1 aliphatic rings. The number of imide groups is 1. The highest BCUT2D eigenvalue weighted by Gasteiger charge is 2.42. The number of amides is 3. The van der Waals surface area contributed by atoms with Crippen LogP contribution in [0.15, 0.2) is 41.6 Å². The van der Waals surface area contributed by atoms with Gasteiger partial charge in [0.05, 0.1) is 12.6 Å². The Kier molecular flexibility index (Phi) is 4.65. The molecule has 1 unspecified atom stereocenters. The summed E-state index contributed by atoms with van der Waals surface area (Å²) in [5, 5.41) is 0. The SMILES string of the molecule is C#CCN1C(=O)N(C(C)=O)C(c2ccccc2)C(C(C)=O)=C1C. The molecule has 1 aliphatic heterocycles. The van der Waals surface area contributed by atoms with E-state index in [4.69, 9.17) is 6.42 Å². The van der Waals surface area contributed by atoms with E-state index >= 15 is 0 Å². The fourth-order valence-corrected chi connectivity index (χ4v) is 2.85. The van der Waals surface area contributed by atoms with Crippen LogP contribution in [0.3, 0.4) is 0 Å². The number of hydrogen-bond donors (Lipinski definition) is 0. The van der Waals surface area contributed by atoms with E-state index in [1.165, 1.54) is 18.7 Å². The average molecular weight is 310 g/mol. The molecule has 1 heterocycles. The predicted octanol–water partition coefficient (Wildman–Crippen LogP) is 2.51. The van der Waals surface area contributed by atoms with E-state index in [0.29, 0.717) is 16.8 Å². The molecule has 0 spiro atoms. The third-order valence-electron chi connectivity index (χ3n) is 3.85. The Morgan fingerprint density at radius 3 is 2.30 bits per heavy atom. The molecule has 1 aromatic carbocycles. The maximum absolute atomic E-state index is 12.7. The third kappa shape index (κ3) is 2.88. The topological polar surface area (TPSA) is 57.7 Å². The highest BCUT2D eigenvalue weighted by molar-refractivity contribution is 6.03. The van der Waals surface area contributed by atoms with Crippen LogP contribution < -0.4 is 0 Å². The van der Waals surface area contributed by atoms with Crippen molar-refractivity contribution in [3.05, 3.63) is 47.2 Å². The first kappa shape index (κ1) is 16.5. The van der Waals surface area contributed by atoms with Gasteiger partial charge >= 0.3 is 6.03 Å². The number of terminal acetylenes is 1. The van der Waals surface area contributed by atoms with Crippen LogP contribution in [0.4, 0.5) is 4.79 Å². The first-order valence-electron chi connectivity index (χ1n) is 7.21. The molecule has 1 atom stereocenters. The van der Waals surface area contributed by atoms with Gasteiger partial charge in [-0.25, -0.2) is 4.79 Å². The fraction of sp³-hybridized carbons (Fsp3) is 0.278. The van der Waals surface area contributed by atoms with Crippen molar-refractivity contribution in [2.45, 2.75) is 26.8 Å². The maximum atomic E-state index is 12.7. The molecular formula is C18H18N2O3. The molecule has 0 aromatic heterocycles. The summed E-state index contributed by atoms with van der Waals surface area (Å²) in [4.78, 5) is 39.4. The summed E-state index contributed by atoms with van der Waals surface area (Å²) in [5.41, 5.74) is 1.61. The minimum Gasteiger partial charge on any atom is -0.295 e. The minimum absolute atomic E-state index is 0.00668. The number of urea groups is 1. The lowest BCUT2D eigenvalue weighted by Gasteiger charge is -2.40. The first-order valence-corrected chi connectivity index (χ1v) is 7.21. The van der Waals surface area contributed by atoms with Crippen LogP contribution >= 0.6 is 0 Å². The molecule has 3 amide bonds. The number of benzene rings is 1. The van der Waals surface area contributed by atoms with Crippen molar-refractivity contribution >= 4 is 17.7 Å². The molecule has 23 heavy (non-hydrogen) atoms. The lowest BCUT2D eigenvalue weighted by Crippen LogP contribution is -2.52. The molecule has 0 saturated heterocycles. The van der Waals surface area contributed by atoms with Gasteiger partial charge in [0.25, 0.3) is 0 Å². The second kappa shape index (κ2) is 6.49. The molecule has 0 saturated carbocycles. The van der Waals surface area contributed by atoms with E-state index in [-0.39, 0.29) is 12.3 Å². The standard InChI is InChI=1S/C18H18N2O3/c1-5-11-19-12(2)16(13(3)21)17(15-9-7-6-8-10-15)20(14(4)22)18(19)23/h1,6-10,17H,11H2,2-4H3. The Labute approximate surface area is 135 Å². The summed E-state index contributed by atoms with van der Waals surface area (Å²) >= 11 is 0. The maximum Gasteiger partial charge on any atom is 0.332 e. The molecular weight excluding hydrogens is 292 g/mol. The Morgan fingerprint density at radius 1 is 1.22 bits per heavy atom. The van der Waals surface area contributed by atoms with E-state index in [9.17, 15) is 14.4 Å². The lowest BCUT2D eigenvalue weighted by molar-refractivity contribution is -0.128. The molecule has 2 rings (SSSR count). The average Bonchev–Trinajstić information content (AvgIpc) is 2.50. The van der Waals surface area contributed by atoms with Crippen molar-refractivity contribution in [2.24, 2.45) is 0 Å². The number of carbonyl (C=O) groups excluding carboxylic acids is 3. The van der Waals surface area contributed by atoms with Gasteiger partial charge in [-0.3, -0.25) is 19.4 Å². The Morgan fingerprint density at radius 2 is 1.83 bits per heavy atom. The van der Waals surface area contributed by atoms with E-state index in [1.807, 2.05) is 6.07 Å². The van der Waals surface area contributed by atoms with Crippen molar-refractivity contribution in [1.29, 1.82) is 0 Å². The lowest BCUT2D eigenvalue weighted by atomic mass is 9.90. The first-order chi connectivity index (χ1) is 10.9. The number of nitrogens with zero attached hydrogens (tertiary/aromatic N) is 2. The summed E-state index contributed by atoms with van der Waals surface area (Å²) in [6.45, 7) is 4.42. The molecule has 0 bridgehead atoms. The molecule has 118 valence electrons. The van der Waals surface area contributed by atoms with Gasteiger partial charge in [0.1, 0.15) is 0 Å². The zero-order valence-corrected chi connectivity index (χ0v) is 13.4. The number of Topliss-reactive ketones (excluding diaryl/α,β-unsaturated/α-hetero) is 1. The van der Waals surface area contributed by atoms with Gasteiger partial charge in [0, 0.05) is 18.2 Å². The Balaban J connectivity index is 2.72. The number of carbonyl (C=O) groups is 3. The van der Waals surface area contributed by atoms with Gasteiger partial charge in [-0.2, -0.15) is 0 Å². The highest BCUT2D eigenvalue weighted by atomic mass is 16.2. The third-order valence-corrected chi connectivity index (χ3v) is 3.85. The number of allylic oxidation sites excluding steroid dienone is 1. The molecule has 1 aromatic rings. The number of rotatable bonds is 3. The van der Waals surface area contributed by atoms with Crippen LogP contribution in [0.2, 0.25) is 0 Å². The molecule has 0 fully saturated rings. The minimum atomic E-state index is -0.729. The van der Waals surface area contributed by atoms with Gasteiger partial charge in [0.15, 0.2) is 5.78 Å². The quantitative estimate of drug-likeness (QED) is 0.806. The molecule has 0 aliphatic carbocycles. The number of ketones is 1. The molecule has 5 heteroatoms. The summed E-state index contributed by atoms with van der Waals surface area (Å²) in [6, 6.07) is 7.79. The van der Waals surface area contributed by atoms with Crippen molar-refractivity contribution in [1.82, 2.24) is 9.80 Å². The Hall–Kier alpha value is -2.87. The van der Waals surface area contributed by atoms with Crippen molar-refractivity contribution in [3.63, 3.8) is 0 Å². The summed E-state index contributed by atoms with van der Waals surface area (Å²) in [7, 11) is 0. The van der Waals surface area contributed by atoms with Crippen LogP contribution in [0.25, 0.3) is 0 Å². The van der Waals surface area contributed by atoms with E-state index in [1.54, 1.807) is 31.2 Å². The summed E-state index contributed by atoms with van der Waals surface area (Å²) < 4.78 is 0. The van der Waals surface area contributed by atoms with Crippen LogP contribution in [0, 0.1) is 12.3 Å². The zero-order chi connectivity index (χ0) is 17.1. The van der Waals surface area contributed by atoms with Crippen LogP contribution in [-0.4, -0.2) is 34.1 Å². The van der Waals surface area contributed by atoms with E-state index in [2.05, 4.69) is 5.92 Å². The molecule has 0 N–H and O–H groups in total. The zero-order valence-electron chi connectivity index (χ0n) is 13.4. The van der Waals surface area contributed by atoms with Crippen LogP contribution in [-0.2, 0) is 9.59 Å². The van der Waals surface area contributed by atoms with E-state index < -0.39 is 18.0 Å². The van der Waals surface area contributed by atoms with Crippen molar-refractivity contribution in [2.75, 3.05) is 6.54 Å². The molecule has 5 nitrogen and oxygen atoms in total. The second-order valence-corrected chi connectivity index (χ2v) is 5.33. The van der Waals surface area contributed by atoms with Gasteiger partial charge in [0.2, 0.25) is 5.91 Å². The Bertz CT molecular complexity index is 728. The monoisotopic (exact) mass is 310 g/mol. The summed E-state index contributed by atoms with van der Waals surface area (Å²) in [6.07, 6.45) is 5.32. The van der Waals surface area contributed by atoms with Crippen LogP contribution in [0.5, 0.6) is 0 Å². The number of hydrogen-bond acceptors (Lipinski definition) is 3. The van der Waals surface area contributed by atoms with Crippen LogP contribution in [0.1, 0.15) is 32.4 Å². The highest BCUT2D eigenvalue weighted by Crippen LogP contribution is 2.37.